The van der Waals surface area contributed by atoms with Crippen molar-refractivity contribution in [2.45, 2.75) is 38.8 Å². The summed E-state index contributed by atoms with van der Waals surface area (Å²) in [7, 11) is 3.92. The van der Waals surface area contributed by atoms with Crippen LogP contribution in [0.1, 0.15) is 37.3 Å². The Morgan fingerprint density at radius 1 is 1.15 bits per heavy atom. The van der Waals surface area contributed by atoms with Gasteiger partial charge in [0.1, 0.15) is 0 Å². The summed E-state index contributed by atoms with van der Waals surface area (Å²) in [6.07, 6.45) is 7.52. The van der Waals surface area contributed by atoms with Crippen LogP contribution < -0.4 is 21.3 Å². The quantitative estimate of drug-likeness (QED) is 0.123. The van der Waals surface area contributed by atoms with Crippen molar-refractivity contribution in [1.29, 1.82) is 0 Å². The number of aliphatic hydroxyl groups excluding tert-OH is 1. The summed E-state index contributed by atoms with van der Waals surface area (Å²) in [5, 5.41) is 30.1. The van der Waals surface area contributed by atoms with E-state index >= 15 is 0 Å². The maximum Gasteiger partial charge on any atom is 0.248 e. The highest BCUT2D eigenvalue weighted by Crippen LogP contribution is 2.31. The number of β-amino-alcohol motifs (C(OH)–C–C–N with tert-alkyl or cyclic N) is 1. The minimum absolute atomic E-state index is 0.120. The molecule has 0 spiro atoms. The number of likely N-dealkylation sites (N-methyl/N-ethyl adjacent to an activating group) is 1. The Morgan fingerprint density at radius 2 is 2.00 bits per heavy atom. The highest BCUT2D eigenvalue weighted by atomic mass is 16.3. The molecule has 0 aliphatic carbocycles. The fraction of sp³-hybridized carbons (Fsp3) is 0.361. The van der Waals surface area contributed by atoms with Gasteiger partial charge in [-0.3, -0.25) is 9.78 Å². The van der Waals surface area contributed by atoms with Crippen LogP contribution in [0.25, 0.3) is 27.7 Å². The third kappa shape index (κ3) is 7.62. The number of rotatable bonds is 12. The van der Waals surface area contributed by atoms with Gasteiger partial charge in [0.15, 0.2) is 5.65 Å². The number of fused-ring (bicyclic) bond motifs is 2. The van der Waals surface area contributed by atoms with Crippen molar-refractivity contribution in [1.82, 2.24) is 34.8 Å². The van der Waals surface area contributed by atoms with Gasteiger partial charge in [-0.05, 0) is 62.1 Å². The van der Waals surface area contributed by atoms with Crippen LogP contribution in [-0.2, 0) is 11.3 Å². The number of anilines is 3. The Balaban J connectivity index is 1.25. The number of hydrogen-bond acceptors (Lipinski definition) is 10. The topological polar surface area (TPSA) is 145 Å². The number of carbonyl (C=O) groups excluding carboxylic acids is 1. The largest absolute Gasteiger partial charge is 0.391 e. The monoisotopic (exact) mass is 648 g/mol. The lowest BCUT2D eigenvalue weighted by molar-refractivity contribution is -0.111. The lowest BCUT2D eigenvalue weighted by atomic mass is 9.95. The Hall–Kier alpha value is -4.91. The van der Waals surface area contributed by atoms with E-state index in [1.807, 2.05) is 67.7 Å². The molecular weight excluding hydrogens is 604 g/mol. The molecule has 0 unspecified atom stereocenters. The summed E-state index contributed by atoms with van der Waals surface area (Å²) in [6, 6.07) is 16.0. The van der Waals surface area contributed by atoms with E-state index in [0.717, 1.165) is 57.5 Å². The second kappa shape index (κ2) is 14.9. The lowest BCUT2D eigenvalue weighted by Crippen LogP contribution is -2.43. The Morgan fingerprint density at radius 3 is 2.81 bits per heavy atom. The maximum atomic E-state index is 12.4. The fourth-order valence-electron chi connectivity index (χ4n) is 5.96. The molecule has 12 nitrogen and oxygen atoms in total. The SMILES string of the molecule is CC(C)c1cnn2c(NCc3ccccc3-c3nccc4cc(NC(=O)/C=C/CN(C)C)ccc34)nc(NC[C@H]3CCNC[C@@H]3O)nc12. The first kappa shape index (κ1) is 33.0. The number of aromatic nitrogens is 5. The van der Waals surface area contributed by atoms with Gasteiger partial charge < -0.3 is 31.3 Å². The van der Waals surface area contributed by atoms with Gasteiger partial charge in [0.2, 0.25) is 17.8 Å². The van der Waals surface area contributed by atoms with Gasteiger partial charge in [-0.1, -0.05) is 50.3 Å². The number of piperidine rings is 1. The molecule has 250 valence electrons. The van der Waals surface area contributed by atoms with Crippen molar-refractivity contribution >= 4 is 39.9 Å². The molecule has 1 amide bonds. The minimum atomic E-state index is -0.409. The first-order chi connectivity index (χ1) is 23.3. The molecule has 0 radical (unpaired) electrons. The van der Waals surface area contributed by atoms with E-state index in [4.69, 9.17) is 15.0 Å². The highest BCUT2D eigenvalue weighted by Gasteiger charge is 2.23. The third-order valence-corrected chi connectivity index (χ3v) is 8.61. The van der Waals surface area contributed by atoms with E-state index in [1.165, 1.54) is 0 Å². The average molecular weight is 649 g/mol. The number of hydrogen-bond donors (Lipinski definition) is 5. The van der Waals surface area contributed by atoms with Crippen molar-refractivity contribution in [3.8, 4) is 11.3 Å². The van der Waals surface area contributed by atoms with Gasteiger partial charge >= 0.3 is 0 Å². The molecule has 1 saturated heterocycles. The number of amides is 1. The maximum absolute atomic E-state index is 12.4. The molecule has 0 bridgehead atoms. The molecule has 12 heteroatoms. The van der Waals surface area contributed by atoms with E-state index in [2.05, 4.69) is 52.3 Å². The number of carbonyl (C=O) groups is 1. The molecule has 1 aliphatic heterocycles. The first-order valence-corrected chi connectivity index (χ1v) is 16.5. The predicted molar refractivity (Wildman–Crippen MR) is 191 cm³/mol. The summed E-state index contributed by atoms with van der Waals surface area (Å²) in [4.78, 5) is 28.9. The zero-order valence-corrected chi connectivity index (χ0v) is 27.9. The van der Waals surface area contributed by atoms with E-state index in [0.29, 0.717) is 38.1 Å². The Kier molecular flexibility index (Phi) is 10.2. The number of aliphatic hydroxyl groups is 1. The molecule has 5 N–H and O–H groups in total. The minimum Gasteiger partial charge on any atom is -0.391 e. The van der Waals surface area contributed by atoms with Crippen molar-refractivity contribution in [2.24, 2.45) is 5.92 Å². The van der Waals surface area contributed by atoms with Crippen LogP contribution >= 0.6 is 0 Å². The molecule has 2 atom stereocenters. The number of pyridine rings is 1. The fourth-order valence-corrected chi connectivity index (χ4v) is 5.96. The average Bonchev–Trinajstić information content (AvgIpc) is 3.51. The van der Waals surface area contributed by atoms with Crippen molar-refractivity contribution in [3.05, 3.63) is 84.2 Å². The van der Waals surface area contributed by atoms with Gasteiger partial charge in [0.25, 0.3) is 0 Å². The summed E-state index contributed by atoms with van der Waals surface area (Å²) in [5.74, 6) is 1.25. The van der Waals surface area contributed by atoms with Gasteiger partial charge in [0.05, 0.1) is 18.0 Å². The smallest absolute Gasteiger partial charge is 0.248 e. The standard InChI is InChI=1S/C36H44N10O2/c1-23(2)30-21-41-46-34(30)43-35(39-20-26-13-15-37-22-31(26)47)44-36(46)40-19-25-8-5-6-9-28(25)33-29-12-11-27(18-24(29)14-16-38-33)42-32(48)10-7-17-45(3)4/h5-12,14,16,18,21,23,26,31,37,47H,13,15,17,19-20,22H2,1-4H3,(H,42,48)(H2,39,40,43,44)/b10-7+/t26-,31+/m1/s1. The Bertz CT molecular complexity index is 1920. The molecule has 48 heavy (non-hydrogen) atoms. The van der Waals surface area contributed by atoms with Crippen molar-refractivity contribution < 1.29 is 9.90 Å². The molecule has 3 aromatic heterocycles. The summed E-state index contributed by atoms with van der Waals surface area (Å²) < 4.78 is 1.75. The van der Waals surface area contributed by atoms with Crippen LogP contribution in [0.3, 0.4) is 0 Å². The molecular formula is C36H44N10O2. The number of benzene rings is 2. The van der Waals surface area contributed by atoms with E-state index in [1.54, 1.807) is 16.8 Å². The lowest BCUT2D eigenvalue weighted by Gasteiger charge is -2.28. The third-order valence-electron chi connectivity index (χ3n) is 8.61. The molecule has 6 rings (SSSR count). The van der Waals surface area contributed by atoms with E-state index in [-0.39, 0.29) is 17.7 Å². The molecule has 4 heterocycles. The number of nitrogens with one attached hydrogen (secondary N) is 4. The zero-order valence-electron chi connectivity index (χ0n) is 27.9. The van der Waals surface area contributed by atoms with Crippen LogP contribution in [0.15, 0.2) is 73.1 Å². The molecule has 2 aromatic carbocycles. The van der Waals surface area contributed by atoms with Gasteiger partial charge in [0, 0.05) is 66.6 Å². The number of nitrogens with zero attached hydrogens (tertiary/aromatic N) is 6. The zero-order chi connectivity index (χ0) is 33.6. The molecule has 1 fully saturated rings. The van der Waals surface area contributed by atoms with Crippen LogP contribution in [0, 0.1) is 5.92 Å². The van der Waals surface area contributed by atoms with Gasteiger partial charge in [-0.25, -0.2) is 0 Å². The second-order valence-electron chi connectivity index (χ2n) is 12.8. The highest BCUT2D eigenvalue weighted by molar-refractivity contribution is 6.02. The summed E-state index contributed by atoms with van der Waals surface area (Å²) in [5.41, 5.74) is 5.38. The van der Waals surface area contributed by atoms with Crippen molar-refractivity contribution in [2.75, 3.05) is 56.2 Å². The van der Waals surface area contributed by atoms with Crippen LogP contribution in [0.5, 0.6) is 0 Å². The normalized spacial score (nSPS) is 16.7. The second-order valence-corrected chi connectivity index (χ2v) is 12.8. The van der Waals surface area contributed by atoms with E-state index < -0.39 is 6.10 Å². The summed E-state index contributed by atoms with van der Waals surface area (Å²) in [6.45, 7) is 7.47. The van der Waals surface area contributed by atoms with E-state index in [9.17, 15) is 9.90 Å². The van der Waals surface area contributed by atoms with Crippen LogP contribution in [0.4, 0.5) is 17.6 Å². The van der Waals surface area contributed by atoms with Gasteiger partial charge in [-0.2, -0.15) is 19.6 Å². The van der Waals surface area contributed by atoms with Crippen LogP contribution in [-0.4, -0.2) is 86.9 Å². The Labute approximate surface area is 280 Å². The molecule has 1 aliphatic rings. The molecule has 0 saturated carbocycles. The van der Waals surface area contributed by atoms with Crippen molar-refractivity contribution in [3.63, 3.8) is 0 Å². The van der Waals surface area contributed by atoms with Crippen LogP contribution in [0.2, 0.25) is 0 Å². The summed E-state index contributed by atoms with van der Waals surface area (Å²) >= 11 is 0. The van der Waals surface area contributed by atoms with Gasteiger partial charge in [-0.15, -0.1) is 0 Å². The molecule has 5 aromatic rings. The first-order valence-electron chi connectivity index (χ1n) is 16.5. The predicted octanol–water partition coefficient (Wildman–Crippen LogP) is 4.51.